The van der Waals surface area contributed by atoms with Crippen molar-refractivity contribution in [2.24, 2.45) is 11.8 Å². The van der Waals surface area contributed by atoms with Crippen molar-refractivity contribution in [2.75, 3.05) is 24.7 Å². The average Bonchev–Trinajstić information content (AvgIpc) is 3.40. The molecule has 144 valence electrons. The third kappa shape index (κ3) is 4.13. The molecule has 1 aromatic carbocycles. The van der Waals surface area contributed by atoms with Gasteiger partial charge in [0.15, 0.2) is 0 Å². The van der Waals surface area contributed by atoms with E-state index in [0.29, 0.717) is 23.7 Å². The number of thiocarbonyl (C=S) groups is 1. The monoisotopic (exact) mass is 402 g/mol. The molecule has 2 atom stereocenters. The second kappa shape index (κ2) is 8.41. The van der Waals surface area contributed by atoms with Crippen LogP contribution in [0.1, 0.15) is 30.4 Å². The lowest BCUT2D eigenvalue weighted by atomic mass is 9.90. The number of benzene rings is 1. The standard InChI is InChI=1S/C21H26N2O2S2/c24-17(7-3-4-14-10-15-5-1-2-6-16(15)11-14)19-18(26)12-22-20(19)21(25)23-8-9-27-13-23/h1-2,5-6,14,19-20,22H,3-4,7-13H2/t19?,20-/m0/s1. The highest BCUT2D eigenvalue weighted by atomic mass is 32.2. The number of hydrogen-bond donors (Lipinski definition) is 1. The summed E-state index contributed by atoms with van der Waals surface area (Å²) in [6, 6.07) is 8.20. The van der Waals surface area contributed by atoms with E-state index < -0.39 is 12.0 Å². The van der Waals surface area contributed by atoms with Crippen LogP contribution in [-0.4, -0.2) is 52.2 Å². The zero-order chi connectivity index (χ0) is 18.8. The molecule has 4 nitrogen and oxygen atoms in total. The van der Waals surface area contributed by atoms with Crippen molar-refractivity contribution in [2.45, 2.75) is 38.1 Å². The van der Waals surface area contributed by atoms with Gasteiger partial charge in [0.2, 0.25) is 5.91 Å². The van der Waals surface area contributed by atoms with Crippen LogP contribution in [0.15, 0.2) is 24.3 Å². The Balaban J connectivity index is 1.29. The predicted octanol–water partition coefficient (Wildman–Crippen LogP) is 2.63. The van der Waals surface area contributed by atoms with E-state index >= 15 is 0 Å². The van der Waals surface area contributed by atoms with Crippen molar-refractivity contribution in [1.29, 1.82) is 0 Å². The first-order valence-electron chi connectivity index (χ1n) is 9.85. The summed E-state index contributed by atoms with van der Waals surface area (Å²) >= 11 is 7.20. The quantitative estimate of drug-likeness (QED) is 0.742. The molecule has 2 aliphatic heterocycles. The van der Waals surface area contributed by atoms with Gasteiger partial charge >= 0.3 is 0 Å². The van der Waals surface area contributed by atoms with Gasteiger partial charge in [-0.1, -0.05) is 36.5 Å². The summed E-state index contributed by atoms with van der Waals surface area (Å²) in [5, 5.41) is 3.19. The first-order valence-corrected chi connectivity index (χ1v) is 11.4. The van der Waals surface area contributed by atoms with Gasteiger partial charge in [-0.25, -0.2) is 0 Å². The second-order valence-electron chi connectivity index (χ2n) is 7.84. The van der Waals surface area contributed by atoms with Gasteiger partial charge in [-0.3, -0.25) is 9.59 Å². The summed E-state index contributed by atoms with van der Waals surface area (Å²) < 4.78 is 0. The van der Waals surface area contributed by atoms with Crippen molar-refractivity contribution in [1.82, 2.24) is 10.2 Å². The molecule has 1 amide bonds. The molecule has 1 N–H and O–H groups in total. The van der Waals surface area contributed by atoms with Crippen molar-refractivity contribution >= 4 is 40.5 Å². The van der Waals surface area contributed by atoms with E-state index in [4.69, 9.17) is 12.2 Å². The Labute approximate surface area is 170 Å². The molecule has 0 saturated carbocycles. The molecular weight excluding hydrogens is 376 g/mol. The van der Waals surface area contributed by atoms with Crippen molar-refractivity contribution < 1.29 is 9.59 Å². The molecule has 3 aliphatic rings. The maximum Gasteiger partial charge on any atom is 0.241 e. The number of nitrogens with one attached hydrogen (secondary N) is 1. The number of carbonyl (C=O) groups is 2. The number of rotatable bonds is 6. The normalized spacial score (nSPS) is 25.2. The van der Waals surface area contributed by atoms with Crippen LogP contribution >= 0.6 is 24.0 Å². The number of ketones is 1. The predicted molar refractivity (Wildman–Crippen MR) is 113 cm³/mol. The largest absolute Gasteiger partial charge is 0.331 e. The van der Waals surface area contributed by atoms with Gasteiger partial charge in [-0.05, 0) is 42.7 Å². The molecule has 2 fully saturated rings. The number of Topliss-reactive ketones (excluding diaryl/α,β-unsaturated/α-hetero) is 1. The summed E-state index contributed by atoms with van der Waals surface area (Å²) in [4.78, 5) is 28.2. The van der Waals surface area contributed by atoms with E-state index in [1.807, 2.05) is 4.90 Å². The van der Waals surface area contributed by atoms with Crippen LogP contribution in [-0.2, 0) is 22.4 Å². The first kappa shape index (κ1) is 19.1. The number of amides is 1. The molecule has 0 radical (unpaired) electrons. The Kier molecular flexibility index (Phi) is 5.95. The molecule has 27 heavy (non-hydrogen) atoms. The number of fused-ring (bicyclic) bond motifs is 1. The fraction of sp³-hybridized carbons (Fsp3) is 0.571. The number of carbonyl (C=O) groups excluding carboxylic acids is 2. The Morgan fingerprint density at radius 1 is 1.22 bits per heavy atom. The highest BCUT2D eigenvalue weighted by Crippen LogP contribution is 2.30. The zero-order valence-electron chi connectivity index (χ0n) is 15.5. The van der Waals surface area contributed by atoms with Crippen LogP contribution in [0, 0.1) is 11.8 Å². The summed E-state index contributed by atoms with van der Waals surface area (Å²) in [5.74, 6) is 2.12. The minimum absolute atomic E-state index is 0.0458. The van der Waals surface area contributed by atoms with Gasteiger partial charge in [0.25, 0.3) is 0 Å². The molecule has 0 bridgehead atoms. The molecule has 1 aliphatic carbocycles. The molecule has 4 rings (SSSR count). The van der Waals surface area contributed by atoms with Gasteiger partial charge in [-0.15, -0.1) is 11.8 Å². The van der Waals surface area contributed by atoms with E-state index in [9.17, 15) is 9.59 Å². The van der Waals surface area contributed by atoms with Crippen LogP contribution in [0.5, 0.6) is 0 Å². The fourth-order valence-corrected chi connectivity index (χ4v) is 5.88. The molecule has 2 heterocycles. The summed E-state index contributed by atoms with van der Waals surface area (Å²) in [7, 11) is 0. The molecule has 1 unspecified atom stereocenters. The Hall–Kier alpha value is -1.24. The van der Waals surface area contributed by atoms with Crippen molar-refractivity contribution in [3.63, 3.8) is 0 Å². The summed E-state index contributed by atoms with van der Waals surface area (Å²) in [6.07, 6.45) is 4.73. The maximum atomic E-state index is 12.9. The molecule has 2 saturated heterocycles. The average molecular weight is 403 g/mol. The third-order valence-corrected chi connectivity index (χ3v) is 7.39. The van der Waals surface area contributed by atoms with E-state index in [1.165, 1.54) is 11.1 Å². The molecule has 1 aromatic rings. The Morgan fingerprint density at radius 3 is 2.63 bits per heavy atom. The molecule has 6 heteroatoms. The van der Waals surface area contributed by atoms with Gasteiger partial charge in [0.05, 0.1) is 11.8 Å². The Bertz CT molecular complexity index is 720. The van der Waals surface area contributed by atoms with E-state index in [2.05, 4.69) is 29.6 Å². The number of hydrogen-bond acceptors (Lipinski definition) is 5. The van der Waals surface area contributed by atoms with Crippen LogP contribution in [0.25, 0.3) is 0 Å². The second-order valence-corrected chi connectivity index (χ2v) is 9.44. The third-order valence-electron chi connectivity index (χ3n) is 6.02. The fourth-order valence-electron chi connectivity index (χ4n) is 4.58. The molecule has 0 aromatic heterocycles. The zero-order valence-corrected chi connectivity index (χ0v) is 17.1. The Morgan fingerprint density at radius 2 is 1.96 bits per heavy atom. The summed E-state index contributed by atoms with van der Waals surface area (Å²) in [6.45, 7) is 1.28. The lowest BCUT2D eigenvalue weighted by molar-refractivity contribution is -0.135. The summed E-state index contributed by atoms with van der Waals surface area (Å²) in [5.41, 5.74) is 2.92. The van der Waals surface area contributed by atoms with E-state index in [1.54, 1.807) is 11.8 Å². The lowest BCUT2D eigenvalue weighted by Crippen LogP contribution is -2.47. The van der Waals surface area contributed by atoms with Gasteiger partial charge in [0, 0.05) is 30.1 Å². The highest BCUT2D eigenvalue weighted by Gasteiger charge is 2.42. The van der Waals surface area contributed by atoms with E-state index in [-0.39, 0.29) is 11.7 Å². The minimum Gasteiger partial charge on any atom is -0.331 e. The molecular formula is C21H26N2O2S2. The van der Waals surface area contributed by atoms with Gasteiger partial charge in [-0.2, -0.15) is 0 Å². The van der Waals surface area contributed by atoms with Gasteiger partial charge in [0.1, 0.15) is 11.8 Å². The van der Waals surface area contributed by atoms with Crippen LogP contribution in [0.4, 0.5) is 0 Å². The van der Waals surface area contributed by atoms with Crippen LogP contribution < -0.4 is 5.32 Å². The highest BCUT2D eigenvalue weighted by molar-refractivity contribution is 7.99. The van der Waals surface area contributed by atoms with E-state index in [0.717, 1.165) is 43.9 Å². The first-order chi connectivity index (χ1) is 13.1. The topological polar surface area (TPSA) is 49.4 Å². The van der Waals surface area contributed by atoms with Crippen molar-refractivity contribution in [3.8, 4) is 0 Å². The number of nitrogens with zero attached hydrogens (tertiary/aromatic N) is 1. The number of thioether (sulfide) groups is 1. The smallest absolute Gasteiger partial charge is 0.241 e. The van der Waals surface area contributed by atoms with Crippen LogP contribution in [0.2, 0.25) is 0 Å². The van der Waals surface area contributed by atoms with Crippen molar-refractivity contribution in [3.05, 3.63) is 35.4 Å². The minimum atomic E-state index is -0.445. The van der Waals surface area contributed by atoms with Gasteiger partial charge < -0.3 is 10.2 Å². The SMILES string of the molecule is O=C(CCCC1Cc2ccccc2C1)C1C(=S)CN[C@@H]1C(=O)N1CCSC1. The molecule has 0 spiro atoms. The lowest BCUT2D eigenvalue weighted by Gasteiger charge is -2.23. The van der Waals surface area contributed by atoms with Crippen LogP contribution in [0.3, 0.4) is 0 Å². The maximum absolute atomic E-state index is 12.9.